The van der Waals surface area contributed by atoms with E-state index in [4.69, 9.17) is 0 Å². The molecule has 0 aliphatic heterocycles. The summed E-state index contributed by atoms with van der Waals surface area (Å²) in [5.41, 5.74) is -5.37. The van der Waals surface area contributed by atoms with Gasteiger partial charge in [-0.25, -0.2) is 9.59 Å². The van der Waals surface area contributed by atoms with Crippen molar-refractivity contribution in [3.05, 3.63) is 12.2 Å². The van der Waals surface area contributed by atoms with Crippen molar-refractivity contribution in [2.45, 2.75) is 56.7 Å². The van der Waals surface area contributed by atoms with Gasteiger partial charge in [-0.15, -0.1) is 0 Å². The molecule has 11 heteroatoms. The first kappa shape index (κ1) is 22.3. The lowest BCUT2D eigenvalue weighted by Gasteiger charge is -2.40. The molecule has 0 aromatic carbocycles. The number of esters is 2. The molecule has 0 amide bonds. The van der Waals surface area contributed by atoms with E-state index in [-0.39, 0.29) is 18.4 Å². The van der Waals surface area contributed by atoms with Crippen molar-refractivity contribution >= 4 is 11.9 Å². The van der Waals surface area contributed by atoms with E-state index >= 15 is 0 Å². The number of ether oxygens (including phenoxy) is 2. The Morgan fingerprint density at radius 3 is 1.96 bits per heavy atom. The predicted molar refractivity (Wildman–Crippen MR) is 74.7 cm³/mol. The van der Waals surface area contributed by atoms with Crippen LogP contribution in [0.1, 0.15) is 32.6 Å². The Morgan fingerprint density at radius 2 is 1.58 bits per heavy atom. The zero-order valence-corrected chi connectivity index (χ0v) is 13.7. The van der Waals surface area contributed by atoms with E-state index in [1.54, 1.807) is 0 Å². The number of carbonyl (C=O) groups excluding carboxylic acids is 2. The van der Waals surface area contributed by atoms with Crippen LogP contribution in [0.4, 0.5) is 26.3 Å². The molecule has 1 rings (SSSR count). The van der Waals surface area contributed by atoms with Gasteiger partial charge < -0.3 is 14.6 Å². The lowest BCUT2D eigenvalue weighted by molar-refractivity contribution is -0.396. The van der Waals surface area contributed by atoms with Crippen LogP contribution in [0.5, 0.6) is 0 Å². The summed E-state index contributed by atoms with van der Waals surface area (Å²) in [4.78, 5) is 22.8. The summed E-state index contributed by atoms with van der Waals surface area (Å²) in [5, 5.41) is 9.57. The molecule has 0 bridgehead atoms. The van der Waals surface area contributed by atoms with Crippen molar-refractivity contribution in [2.24, 2.45) is 5.92 Å². The monoisotopic (exact) mass is 392 g/mol. The van der Waals surface area contributed by atoms with Crippen molar-refractivity contribution in [2.75, 3.05) is 6.61 Å². The molecule has 1 aliphatic rings. The third-order valence-corrected chi connectivity index (χ3v) is 4.03. The highest BCUT2D eigenvalue weighted by atomic mass is 19.4. The van der Waals surface area contributed by atoms with Gasteiger partial charge in [-0.3, -0.25) is 0 Å². The maximum Gasteiger partial charge on any atom is 0.430 e. The van der Waals surface area contributed by atoms with E-state index in [1.165, 1.54) is 6.92 Å². The van der Waals surface area contributed by atoms with E-state index in [0.717, 1.165) is 0 Å². The normalized spacial score (nSPS) is 17.7. The van der Waals surface area contributed by atoms with Crippen LogP contribution in [-0.4, -0.2) is 47.7 Å². The Hall–Kier alpha value is -1.78. The van der Waals surface area contributed by atoms with Crippen molar-refractivity contribution in [3.63, 3.8) is 0 Å². The standard InChI is InChI=1S/C15H18F6O5/c1-8(2)12(23)25-7-10(22)26-11(9-5-3-4-6-9)13(24,14(16,17)18)15(19,20)21/h9,11,24H,1,3-7H2,2H3. The SMILES string of the molecule is C=C(C)C(=O)OCC(=O)OC(C1CCCC1)C(O)(C(F)(F)F)C(F)(F)F. The number of rotatable bonds is 6. The van der Waals surface area contributed by atoms with E-state index in [0.29, 0.717) is 12.8 Å². The molecule has 1 saturated carbocycles. The van der Waals surface area contributed by atoms with Gasteiger partial charge in [0.2, 0.25) is 0 Å². The highest BCUT2D eigenvalue weighted by molar-refractivity contribution is 5.88. The fourth-order valence-electron chi connectivity index (χ4n) is 2.69. The Morgan fingerprint density at radius 1 is 1.12 bits per heavy atom. The number of carbonyl (C=O) groups is 2. The first-order valence-electron chi connectivity index (χ1n) is 7.59. The van der Waals surface area contributed by atoms with Crippen LogP contribution >= 0.6 is 0 Å². The van der Waals surface area contributed by atoms with Crippen molar-refractivity contribution in [1.29, 1.82) is 0 Å². The topological polar surface area (TPSA) is 72.8 Å². The lowest BCUT2D eigenvalue weighted by atomic mass is 9.84. The van der Waals surface area contributed by atoms with E-state index in [1.807, 2.05) is 0 Å². The summed E-state index contributed by atoms with van der Waals surface area (Å²) < 4.78 is 87.4. The smallest absolute Gasteiger partial charge is 0.430 e. The van der Waals surface area contributed by atoms with Crippen LogP contribution in [-0.2, 0) is 19.1 Å². The highest BCUT2D eigenvalue weighted by Gasteiger charge is 2.76. The minimum atomic E-state index is -6.13. The third-order valence-electron chi connectivity index (χ3n) is 4.03. The Kier molecular flexibility index (Phi) is 6.72. The van der Waals surface area contributed by atoms with E-state index in [9.17, 15) is 41.0 Å². The van der Waals surface area contributed by atoms with Gasteiger partial charge >= 0.3 is 24.3 Å². The molecule has 150 valence electrons. The summed E-state index contributed by atoms with van der Waals surface area (Å²) in [6.07, 6.45) is -14.7. The van der Waals surface area contributed by atoms with Crippen LogP contribution in [0.15, 0.2) is 12.2 Å². The largest absolute Gasteiger partial charge is 0.456 e. The van der Waals surface area contributed by atoms with Gasteiger partial charge in [-0.05, 0) is 25.7 Å². The third kappa shape index (κ3) is 4.68. The molecule has 0 heterocycles. The molecule has 0 aromatic heterocycles. The second kappa shape index (κ2) is 7.85. The van der Waals surface area contributed by atoms with Gasteiger partial charge in [0.05, 0.1) is 0 Å². The van der Waals surface area contributed by atoms with E-state index in [2.05, 4.69) is 16.1 Å². The average Bonchev–Trinajstić information content (AvgIpc) is 3.00. The number of halogens is 6. The Bertz CT molecular complexity index is 534. The molecule has 1 unspecified atom stereocenters. The fourth-order valence-corrected chi connectivity index (χ4v) is 2.69. The second-order valence-corrected chi connectivity index (χ2v) is 6.07. The lowest BCUT2D eigenvalue weighted by Crippen LogP contribution is -2.67. The molecule has 26 heavy (non-hydrogen) atoms. The molecule has 0 spiro atoms. The molecule has 1 aliphatic carbocycles. The minimum absolute atomic E-state index is 0.0853. The van der Waals surface area contributed by atoms with Crippen molar-refractivity contribution < 1.29 is 50.5 Å². The van der Waals surface area contributed by atoms with Crippen molar-refractivity contribution in [1.82, 2.24) is 0 Å². The van der Waals surface area contributed by atoms with Gasteiger partial charge in [0.25, 0.3) is 5.60 Å². The van der Waals surface area contributed by atoms with Crippen LogP contribution in [0, 0.1) is 5.92 Å². The fraction of sp³-hybridized carbons (Fsp3) is 0.733. The molecular formula is C15H18F6O5. The number of hydrogen-bond donors (Lipinski definition) is 1. The molecule has 1 N–H and O–H groups in total. The zero-order chi connectivity index (χ0) is 20.3. The van der Waals surface area contributed by atoms with E-state index < -0.39 is 48.5 Å². The molecule has 5 nitrogen and oxygen atoms in total. The molecular weight excluding hydrogens is 374 g/mol. The maximum atomic E-state index is 13.1. The average molecular weight is 392 g/mol. The summed E-state index contributed by atoms with van der Waals surface area (Å²) in [5.74, 6) is -4.05. The maximum absolute atomic E-state index is 13.1. The zero-order valence-electron chi connectivity index (χ0n) is 13.7. The van der Waals surface area contributed by atoms with Gasteiger partial charge in [-0.2, -0.15) is 26.3 Å². The summed E-state index contributed by atoms with van der Waals surface area (Å²) in [6, 6.07) is 0. The predicted octanol–water partition coefficient (Wildman–Crippen LogP) is 3.06. The molecule has 0 saturated heterocycles. The Labute approximate surface area is 144 Å². The summed E-state index contributed by atoms with van der Waals surface area (Å²) in [6.45, 7) is 3.21. The number of hydrogen-bond acceptors (Lipinski definition) is 5. The molecule has 0 aromatic rings. The number of aliphatic hydroxyl groups is 1. The highest BCUT2D eigenvalue weighted by Crippen LogP contribution is 2.50. The van der Waals surface area contributed by atoms with Crippen LogP contribution in [0.2, 0.25) is 0 Å². The minimum Gasteiger partial charge on any atom is -0.456 e. The van der Waals surface area contributed by atoms with Gasteiger partial charge in [-0.1, -0.05) is 19.4 Å². The van der Waals surface area contributed by atoms with Gasteiger partial charge in [0.15, 0.2) is 12.7 Å². The van der Waals surface area contributed by atoms with Crippen LogP contribution in [0.3, 0.4) is 0 Å². The summed E-state index contributed by atoms with van der Waals surface area (Å²) >= 11 is 0. The molecule has 0 radical (unpaired) electrons. The summed E-state index contributed by atoms with van der Waals surface area (Å²) in [7, 11) is 0. The van der Waals surface area contributed by atoms with Crippen LogP contribution < -0.4 is 0 Å². The second-order valence-electron chi connectivity index (χ2n) is 6.07. The van der Waals surface area contributed by atoms with Crippen molar-refractivity contribution in [3.8, 4) is 0 Å². The Balaban J connectivity index is 3.09. The molecule has 1 fully saturated rings. The quantitative estimate of drug-likeness (QED) is 0.427. The van der Waals surface area contributed by atoms with Crippen LogP contribution in [0.25, 0.3) is 0 Å². The van der Waals surface area contributed by atoms with Gasteiger partial charge in [0, 0.05) is 5.57 Å². The number of alkyl halides is 6. The van der Waals surface area contributed by atoms with Gasteiger partial charge in [0.1, 0.15) is 0 Å². The first-order chi connectivity index (χ1) is 11.7. The molecule has 1 atom stereocenters. The first-order valence-corrected chi connectivity index (χ1v) is 7.59.